The highest BCUT2D eigenvalue weighted by atomic mass is 28.4. The van der Waals surface area contributed by atoms with Gasteiger partial charge in [-0.2, -0.15) is 0 Å². The SMILES string of the molecule is CC(C)(C)OC(=O)[C@@H](COc1ccc(C(=O)C#CCOCc2ccccc2)cc1)O[Si](C)(C)C(C)(C)C. The zero-order chi connectivity index (χ0) is 27.7. The summed E-state index contributed by atoms with van der Waals surface area (Å²) in [5, 5.41) is -0.0805. The average molecular weight is 525 g/mol. The summed E-state index contributed by atoms with van der Waals surface area (Å²) in [4.78, 5) is 25.3. The van der Waals surface area contributed by atoms with Gasteiger partial charge in [-0.15, -0.1) is 0 Å². The van der Waals surface area contributed by atoms with Crippen molar-refractivity contribution in [2.75, 3.05) is 13.2 Å². The van der Waals surface area contributed by atoms with E-state index in [1.165, 1.54) is 0 Å². The van der Waals surface area contributed by atoms with Gasteiger partial charge in [-0.1, -0.05) is 57.0 Å². The van der Waals surface area contributed by atoms with Crippen LogP contribution in [-0.4, -0.2) is 45.0 Å². The lowest BCUT2D eigenvalue weighted by Gasteiger charge is -2.39. The highest BCUT2D eigenvalue weighted by Gasteiger charge is 2.42. The maximum atomic E-state index is 12.9. The lowest BCUT2D eigenvalue weighted by molar-refractivity contribution is -0.165. The van der Waals surface area contributed by atoms with Crippen LogP contribution in [0.15, 0.2) is 54.6 Å². The molecule has 0 heterocycles. The van der Waals surface area contributed by atoms with Crippen molar-refractivity contribution in [1.82, 2.24) is 0 Å². The Balaban J connectivity index is 1.96. The van der Waals surface area contributed by atoms with Gasteiger partial charge in [-0.3, -0.25) is 4.79 Å². The van der Waals surface area contributed by atoms with Crippen LogP contribution in [0.25, 0.3) is 0 Å². The summed E-state index contributed by atoms with van der Waals surface area (Å²) >= 11 is 0. The number of hydrogen-bond acceptors (Lipinski definition) is 6. The molecular weight excluding hydrogens is 484 g/mol. The molecule has 0 aromatic heterocycles. The van der Waals surface area contributed by atoms with Crippen molar-refractivity contribution >= 4 is 20.1 Å². The van der Waals surface area contributed by atoms with Crippen molar-refractivity contribution in [3.63, 3.8) is 0 Å². The minimum Gasteiger partial charge on any atom is -0.490 e. The Morgan fingerprint density at radius 1 is 0.919 bits per heavy atom. The quantitative estimate of drug-likeness (QED) is 0.0920. The molecule has 0 saturated carbocycles. The summed E-state index contributed by atoms with van der Waals surface area (Å²) in [7, 11) is -2.26. The number of Topliss-reactive ketones (excluding diaryl/α,β-unsaturated/α-hetero) is 1. The molecule has 0 bridgehead atoms. The zero-order valence-electron chi connectivity index (χ0n) is 23.3. The first kappa shape index (κ1) is 30.3. The van der Waals surface area contributed by atoms with Gasteiger partial charge in [0.1, 0.15) is 24.6 Å². The Bertz CT molecular complexity index is 1080. The molecule has 0 N–H and O–H groups in total. The van der Waals surface area contributed by atoms with Crippen molar-refractivity contribution in [2.45, 2.75) is 78.0 Å². The van der Waals surface area contributed by atoms with Crippen molar-refractivity contribution < 1.29 is 28.2 Å². The summed E-state index contributed by atoms with van der Waals surface area (Å²) in [6.45, 7) is 16.6. The minimum absolute atomic E-state index is 0.00722. The average Bonchev–Trinajstić information content (AvgIpc) is 2.80. The van der Waals surface area contributed by atoms with Gasteiger partial charge in [-0.25, -0.2) is 4.79 Å². The highest BCUT2D eigenvalue weighted by molar-refractivity contribution is 6.74. The number of carbonyl (C=O) groups is 2. The van der Waals surface area contributed by atoms with Crippen molar-refractivity contribution in [3.8, 4) is 17.6 Å². The topological polar surface area (TPSA) is 71.1 Å². The van der Waals surface area contributed by atoms with Crippen molar-refractivity contribution in [1.29, 1.82) is 0 Å². The summed E-state index contributed by atoms with van der Waals surface area (Å²) < 4.78 is 23.3. The standard InChI is InChI=1S/C30H40O6Si/c1-29(2,3)35-28(32)27(36-37(7,8)30(4,5)6)22-34-25-18-16-24(17-19-25)26(31)15-12-20-33-21-23-13-10-9-11-14-23/h9-11,13-14,16-19,27H,20-22H2,1-8H3/t27-/m1/s1. The van der Waals surface area contributed by atoms with E-state index in [-0.39, 0.29) is 24.0 Å². The first-order valence-electron chi connectivity index (χ1n) is 12.5. The van der Waals surface area contributed by atoms with Gasteiger partial charge in [0.25, 0.3) is 0 Å². The first-order chi connectivity index (χ1) is 17.2. The number of rotatable bonds is 10. The Morgan fingerprint density at radius 2 is 1.54 bits per heavy atom. The van der Waals surface area contributed by atoms with Gasteiger partial charge in [0.2, 0.25) is 5.78 Å². The van der Waals surface area contributed by atoms with Gasteiger partial charge < -0.3 is 18.6 Å². The van der Waals surface area contributed by atoms with E-state index < -0.39 is 26.0 Å². The molecule has 2 aromatic rings. The number of esters is 1. The number of hydrogen-bond donors (Lipinski definition) is 0. The van der Waals surface area contributed by atoms with Crippen LogP contribution >= 0.6 is 0 Å². The Hall–Kier alpha value is -2.92. The lowest BCUT2D eigenvalue weighted by Crippen LogP contribution is -2.49. The molecule has 7 heteroatoms. The molecule has 6 nitrogen and oxygen atoms in total. The van der Waals surface area contributed by atoms with Crippen molar-refractivity contribution in [2.24, 2.45) is 0 Å². The maximum absolute atomic E-state index is 12.9. The monoisotopic (exact) mass is 524 g/mol. The summed E-state index contributed by atoms with van der Waals surface area (Å²) in [6, 6.07) is 16.4. The van der Waals surface area contributed by atoms with E-state index in [0.29, 0.717) is 17.9 Å². The van der Waals surface area contributed by atoms with E-state index in [1.807, 2.05) is 51.1 Å². The summed E-state index contributed by atoms with van der Waals surface area (Å²) in [6.07, 6.45) is -0.858. The van der Waals surface area contributed by atoms with E-state index in [2.05, 4.69) is 45.7 Å². The van der Waals surface area contributed by atoms with Crippen LogP contribution in [0, 0.1) is 11.8 Å². The van der Waals surface area contributed by atoms with Crippen LogP contribution < -0.4 is 4.74 Å². The molecule has 0 radical (unpaired) electrons. The second-order valence-electron chi connectivity index (χ2n) is 11.3. The molecule has 2 rings (SSSR count). The second-order valence-corrected chi connectivity index (χ2v) is 16.1. The van der Waals surface area contributed by atoms with E-state index in [0.717, 1.165) is 5.56 Å². The largest absolute Gasteiger partial charge is 0.490 e. The van der Waals surface area contributed by atoms with E-state index >= 15 is 0 Å². The van der Waals surface area contributed by atoms with Gasteiger partial charge >= 0.3 is 5.97 Å². The molecule has 0 aliphatic rings. The van der Waals surface area contributed by atoms with Crippen LogP contribution in [0.3, 0.4) is 0 Å². The molecule has 0 unspecified atom stereocenters. The van der Waals surface area contributed by atoms with E-state index in [4.69, 9.17) is 18.6 Å². The molecule has 0 aliphatic heterocycles. The predicted octanol–water partition coefficient (Wildman–Crippen LogP) is 6.20. The van der Waals surface area contributed by atoms with Gasteiger partial charge in [0.05, 0.1) is 6.61 Å². The first-order valence-corrected chi connectivity index (χ1v) is 15.4. The number of ether oxygens (including phenoxy) is 3. The molecule has 0 saturated heterocycles. The Kier molecular flexibility index (Phi) is 10.7. The summed E-state index contributed by atoms with van der Waals surface area (Å²) in [5.74, 6) is 5.12. The predicted molar refractivity (Wildman–Crippen MR) is 148 cm³/mol. The third-order valence-corrected chi connectivity index (χ3v) is 10.4. The highest BCUT2D eigenvalue weighted by Crippen LogP contribution is 2.37. The smallest absolute Gasteiger partial charge is 0.338 e. The fourth-order valence-corrected chi connectivity index (χ4v) is 4.14. The van der Waals surface area contributed by atoms with Gasteiger partial charge in [0.15, 0.2) is 14.4 Å². The molecule has 0 fully saturated rings. The molecule has 37 heavy (non-hydrogen) atoms. The van der Waals surface area contributed by atoms with Crippen LogP contribution in [0.2, 0.25) is 18.1 Å². The molecule has 0 aliphatic carbocycles. The molecular formula is C30H40O6Si. The van der Waals surface area contributed by atoms with E-state index in [9.17, 15) is 9.59 Å². The third-order valence-electron chi connectivity index (χ3n) is 5.92. The number of benzene rings is 2. The molecule has 0 spiro atoms. The Morgan fingerprint density at radius 3 is 2.11 bits per heavy atom. The van der Waals surface area contributed by atoms with E-state index in [1.54, 1.807) is 24.3 Å². The van der Waals surface area contributed by atoms with Crippen LogP contribution in [0.4, 0.5) is 0 Å². The molecule has 1 atom stereocenters. The lowest BCUT2D eigenvalue weighted by atomic mass is 10.1. The summed E-state index contributed by atoms with van der Waals surface area (Å²) in [5.41, 5.74) is 0.862. The van der Waals surface area contributed by atoms with Crippen LogP contribution in [0.5, 0.6) is 5.75 Å². The van der Waals surface area contributed by atoms with Gasteiger partial charge in [-0.05, 0) is 74.7 Å². The molecule has 200 valence electrons. The van der Waals surface area contributed by atoms with Crippen LogP contribution in [0.1, 0.15) is 57.5 Å². The maximum Gasteiger partial charge on any atom is 0.338 e. The zero-order valence-corrected chi connectivity index (χ0v) is 24.3. The fraction of sp³-hybridized carbons (Fsp3) is 0.467. The van der Waals surface area contributed by atoms with Crippen molar-refractivity contribution in [3.05, 3.63) is 65.7 Å². The third kappa shape index (κ3) is 10.5. The second kappa shape index (κ2) is 13.0. The minimum atomic E-state index is -2.26. The number of ketones is 1. The Labute approximate surface area is 222 Å². The van der Waals surface area contributed by atoms with Gasteiger partial charge in [0, 0.05) is 5.56 Å². The number of carbonyl (C=O) groups excluding carboxylic acids is 2. The fourth-order valence-electron chi connectivity index (χ4n) is 2.91. The molecule has 0 amide bonds. The molecule has 2 aromatic carbocycles. The normalized spacial score (nSPS) is 12.8. The van der Waals surface area contributed by atoms with Crippen LogP contribution in [-0.2, 0) is 25.3 Å².